The maximum Gasteiger partial charge on any atom is 0.235 e. The molecule has 26 heavy (non-hydrogen) atoms. The molecule has 2 rings (SSSR count). The van der Waals surface area contributed by atoms with E-state index in [0.29, 0.717) is 6.54 Å². The third-order valence-corrected chi connectivity index (χ3v) is 5.32. The van der Waals surface area contributed by atoms with Gasteiger partial charge in [-0.3, -0.25) is 9.59 Å². The van der Waals surface area contributed by atoms with Crippen LogP contribution in [-0.2, 0) is 22.4 Å². The van der Waals surface area contributed by atoms with E-state index < -0.39 is 0 Å². The third-order valence-electron chi connectivity index (χ3n) is 5.08. The third kappa shape index (κ3) is 5.40. The molecule has 144 valence electrons. The Kier molecular flexibility index (Phi) is 7.38. The summed E-state index contributed by atoms with van der Waals surface area (Å²) in [6, 6.07) is 0. The molecule has 0 saturated heterocycles. The fraction of sp³-hybridized carbons (Fsp3) is 0.684. The zero-order valence-corrected chi connectivity index (χ0v) is 16.7. The van der Waals surface area contributed by atoms with Gasteiger partial charge in [-0.05, 0) is 26.7 Å². The molecule has 0 bridgehead atoms. The fourth-order valence-corrected chi connectivity index (χ4v) is 3.68. The van der Waals surface area contributed by atoms with E-state index >= 15 is 0 Å². The molecule has 6 nitrogen and oxygen atoms in total. The molecule has 0 unspecified atom stereocenters. The van der Waals surface area contributed by atoms with Crippen LogP contribution in [0.1, 0.15) is 61.8 Å². The SMILES string of the molecule is CCc1nc(C)c(CC(=O)NCC2(NC(=O)CCl)CCCCC2)c(C)n1. The van der Waals surface area contributed by atoms with Crippen LogP contribution in [-0.4, -0.2) is 39.7 Å². The lowest BCUT2D eigenvalue weighted by Gasteiger charge is -2.38. The molecule has 1 aromatic heterocycles. The molecular weight excluding hydrogens is 352 g/mol. The van der Waals surface area contributed by atoms with Crippen molar-refractivity contribution >= 4 is 23.4 Å². The Hall–Kier alpha value is -1.69. The van der Waals surface area contributed by atoms with Gasteiger partial charge in [-0.15, -0.1) is 11.6 Å². The summed E-state index contributed by atoms with van der Waals surface area (Å²) in [6.07, 6.45) is 6.00. The van der Waals surface area contributed by atoms with E-state index in [0.717, 1.165) is 61.3 Å². The molecule has 0 aliphatic heterocycles. The van der Waals surface area contributed by atoms with Gasteiger partial charge in [0.2, 0.25) is 11.8 Å². The minimum absolute atomic E-state index is 0.0603. The minimum Gasteiger partial charge on any atom is -0.353 e. The fourth-order valence-electron chi connectivity index (χ4n) is 3.62. The molecule has 1 aliphatic rings. The average molecular weight is 381 g/mol. The van der Waals surface area contributed by atoms with Gasteiger partial charge in [-0.2, -0.15) is 0 Å². The van der Waals surface area contributed by atoms with Crippen molar-refractivity contribution in [2.45, 2.75) is 71.3 Å². The number of nitrogens with one attached hydrogen (secondary N) is 2. The van der Waals surface area contributed by atoms with Gasteiger partial charge in [0.15, 0.2) is 0 Å². The highest BCUT2D eigenvalue weighted by molar-refractivity contribution is 6.27. The molecule has 0 atom stereocenters. The number of hydrogen-bond acceptors (Lipinski definition) is 4. The average Bonchev–Trinajstić information content (AvgIpc) is 2.63. The van der Waals surface area contributed by atoms with Gasteiger partial charge in [0.25, 0.3) is 0 Å². The first kappa shape index (κ1) is 20.6. The second-order valence-corrected chi connectivity index (χ2v) is 7.39. The Morgan fingerprint density at radius 1 is 1.08 bits per heavy atom. The number of alkyl halides is 1. The standard InChI is InChI=1S/C19H29ClN4O2/c1-4-16-22-13(2)15(14(3)23-16)10-17(25)21-12-19(24-18(26)11-20)8-6-5-7-9-19/h4-12H2,1-3H3,(H,21,25)(H,24,26). The Morgan fingerprint density at radius 3 is 2.23 bits per heavy atom. The molecule has 1 aromatic rings. The van der Waals surface area contributed by atoms with Crippen LogP contribution in [0.2, 0.25) is 0 Å². The predicted molar refractivity (Wildman–Crippen MR) is 102 cm³/mol. The first-order valence-corrected chi connectivity index (χ1v) is 9.89. The van der Waals surface area contributed by atoms with Crippen LogP contribution in [0.3, 0.4) is 0 Å². The quantitative estimate of drug-likeness (QED) is 0.711. The summed E-state index contributed by atoms with van der Waals surface area (Å²) in [4.78, 5) is 33.2. The lowest BCUT2D eigenvalue weighted by molar-refractivity contribution is -0.123. The van der Waals surface area contributed by atoms with Gasteiger partial charge in [-0.25, -0.2) is 9.97 Å². The van der Waals surface area contributed by atoms with E-state index in [-0.39, 0.29) is 29.7 Å². The smallest absolute Gasteiger partial charge is 0.235 e. The molecule has 1 saturated carbocycles. The number of halogens is 1. The van der Waals surface area contributed by atoms with Crippen LogP contribution in [0.25, 0.3) is 0 Å². The van der Waals surface area contributed by atoms with Crippen LogP contribution in [0.15, 0.2) is 0 Å². The van der Waals surface area contributed by atoms with Crippen LogP contribution in [0, 0.1) is 13.8 Å². The summed E-state index contributed by atoms with van der Waals surface area (Å²) < 4.78 is 0. The van der Waals surface area contributed by atoms with Crippen molar-refractivity contribution in [3.8, 4) is 0 Å². The van der Waals surface area contributed by atoms with Gasteiger partial charge < -0.3 is 10.6 Å². The van der Waals surface area contributed by atoms with Gasteiger partial charge >= 0.3 is 0 Å². The summed E-state index contributed by atoms with van der Waals surface area (Å²) in [5.41, 5.74) is 2.20. The number of aromatic nitrogens is 2. The highest BCUT2D eigenvalue weighted by Crippen LogP contribution is 2.27. The Bertz CT molecular complexity index is 634. The van der Waals surface area contributed by atoms with Crippen molar-refractivity contribution in [3.05, 3.63) is 22.8 Å². The minimum atomic E-state index is -0.382. The maximum absolute atomic E-state index is 12.5. The number of aryl methyl sites for hydroxylation is 3. The van der Waals surface area contributed by atoms with Crippen LogP contribution in [0.5, 0.6) is 0 Å². The Labute approximate surface area is 160 Å². The molecular formula is C19H29ClN4O2. The lowest BCUT2D eigenvalue weighted by atomic mass is 9.81. The van der Waals surface area contributed by atoms with Gasteiger partial charge in [0, 0.05) is 29.9 Å². The molecule has 0 radical (unpaired) electrons. The molecule has 7 heteroatoms. The highest BCUT2D eigenvalue weighted by atomic mass is 35.5. The number of rotatable bonds is 7. The van der Waals surface area contributed by atoms with Crippen molar-refractivity contribution in [1.82, 2.24) is 20.6 Å². The van der Waals surface area contributed by atoms with E-state index in [1.807, 2.05) is 20.8 Å². The van der Waals surface area contributed by atoms with Crippen molar-refractivity contribution in [2.24, 2.45) is 0 Å². The molecule has 1 fully saturated rings. The molecule has 2 N–H and O–H groups in total. The lowest BCUT2D eigenvalue weighted by Crippen LogP contribution is -2.57. The number of nitrogens with zero attached hydrogens (tertiary/aromatic N) is 2. The highest BCUT2D eigenvalue weighted by Gasteiger charge is 2.33. The van der Waals surface area contributed by atoms with Gasteiger partial charge in [-0.1, -0.05) is 26.2 Å². The van der Waals surface area contributed by atoms with E-state index in [9.17, 15) is 9.59 Å². The topological polar surface area (TPSA) is 84.0 Å². The summed E-state index contributed by atoms with van der Waals surface area (Å²) >= 11 is 5.65. The van der Waals surface area contributed by atoms with Crippen molar-refractivity contribution in [1.29, 1.82) is 0 Å². The van der Waals surface area contributed by atoms with Crippen LogP contribution < -0.4 is 10.6 Å². The molecule has 2 amide bonds. The summed E-state index contributed by atoms with van der Waals surface area (Å²) in [7, 11) is 0. The van der Waals surface area contributed by atoms with Crippen LogP contribution in [0.4, 0.5) is 0 Å². The number of carbonyl (C=O) groups excluding carboxylic acids is 2. The second-order valence-electron chi connectivity index (χ2n) is 7.12. The normalized spacial score (nSPS) is 16.2. The summed E-state index contributed by atoms with van der Waals surface area (Å²) in [5.74, 6) is 0.483. The van der Waals surface area contributed by atoms with Crippen molar-refractivity contribution in [3.63, 3.8) is 0 Å². The first-order chi connectivity index (χ1) is 12.4. The summed E-state index contributed by atoms with van der Waals surface area (Å²) in [6.45, 7) is 6.28. The summed E-state index contributed by atoms with van der Waals surface area (Å²) in [5, 5.41) is 6.03. The van der Waals surface area contributed by atoms with Crippen molar-refractivity contribution in [2.75, 3.05) is 12.4 Å². The molecule has 1 aliphatic carbocycles. The maximum atomic E-state index is 12.5. The zero-order chi connectivity index (χ0) is 19.2. The van der Waals surface area contributed by atoms with E-state index in [4.69, 9.17) is 11.6 Å². The Balaban J connectivity index is 2.01. The van der Waals surface area contributed by atoms with E-state index in [1.165, 1.54) is 0 Å². The van der Waals surface area contributed by atoms with Gasteiger partial charge in [0.05, 0.1) is 12.0 Å². The van der Waals surface area contributed by atoms with Crippen molar-refractivity contribution < 1.29 is 9.59 Å². The number of carbonyl (C=O) groups is 2. The van der Waals surface area contributed by atoms with Gasteiger partial charge in [0.1, 0.15) is 11.7 Å². The van der Waals surface area contributed by atoms with E-state index in [2.05, 4.69) is 20.6 Å². The predicted octanol–water partition coefficient (Wildman–Crippen LogP) is 2.37. The Morgan fingerprint density at radius 2 is 1.69 bits per heavy atom. The first-order valence-electron chi connectivity index (χ1n) is 9.36. The van der Waals surface area contributed by atoms with E-state index in [1.54, 1.807) is 0 Å². The molecule has 0 spiro atoms. The molecule has 0 aromatic carbocycles. The second kappa shape index (κ2) is 9.31. The number of amides is 2. The monoisotopic (exact) mass is 380 g/mol. The zero-order valence-electron chi connectivity index (χ0n) is 16.0. The largest absolute Gasteiger partial charge is 0.353 e. The number of hydrogen-bond donors (Lipinski definition) is 2. The molecule has 1 heterocycles. The van der Waals surface area contributed by atoms with Crippen LogP contribution >= 0.6 is 11.6 Å².